The lowest BCUT2D eigenvalue weighted by Crippen LogP contribution is -2.34. The van der Waals surface area contributed by atoms with E-state index < -0.39 is 21.2 Å². The summed E-state index contributed by atoms with van der Waals surface area (Å²) in [6, 6.07) is 0.719. The van der Waals surface area contributed by atoms with Crippen LogP contribution < -0.4 is 21.0 Å². The van der Waals surface area contributed by atoms with Gasteiger partial charge in [0.2, 0.25) is 5.69 Å². The summed E-state index contributed by atoms with van der Waals surface area (Å²) >= 11 is 0. The van der Waals surface area contributed by atoms with Crippen molar-refractivity contribution in [2.75, 3.05) is 5.48 Å². The van der Waals surface area contributed by atoms with Gasteiger partial charge in [0.25, 0.3) is 5.69 Å². The molecule has 0 bridgehead atoms. The summed E-state index contributed by atoms with van der Waals surface area (Å²) in [5, 5.41) is 31.9. The van der Waals surface area contributed by atoms with Gasteiger partial charge in [0, 0.05) is 0 Å². The Morgan fingerprint density at radius 3 is 2.41 bits per heavy atom. The first-order chi connectivity index (χ1) is 7.93. The standard InChI is InChI=1S/C7H4N4O6/c1-3-4(9(12)13)2-5(10(14)15)6-7(3)11(16)17-8-6/h2,8H,1H2. The van der Waals surface area contributed by atoms with Crippen molar-refractivity contribution in [3.8, 4) is 0 Å². The highest BCUT2D eigenvalue weighted by Crippen LogP contribution is 2.23. The summed E-state index contributed by atoms with van der Waals surface area (Å²) in [6.07, 6.45) is 0. The van der Waals surface area contributed by atoms with Crippen molar-refractivity contribution < 1.29 is 14.8 Å². The zero-order valence-electron chi connectivity index (χ0n) is 8.08. The third-order valence-corrected chi connectivity index (χ3v) is 2.17. The second-order valence-electron chi connectivity index (χ2n) is 3.08. The van der Waals surface area contributed by atoms with Gasteiger partial charge in [0.05, 0.1) is 20.8 Å². The molecule has 1 aliphatic heterocycles. The van der Waals surface area contributed by atoms with Crippen molar-refractivity contribution in [1.29, 1.82) is 0 Å². The smallest absolute Gasteiger partial charge is 0.295 e. The van der Waals surface area contributed by atoms with Gasteiger partial charge in [-0.15, -0.1) is 0 Å². The van der Waals surface area contributed by atoms with E-state index in [9.17, 15) is 25.4 Å². The van der Waals surface area contributed by atoms with Crippen LogP contribution in [0, 0.1) is 25.4 Å². The molecule has 0 fully saturated rings. The number of nitro benzene ring substituents is 2. The number of rotatable bonds is 2. The van der Waals surface area contributed by atoms with Gasteiger partial charge in [0.15, 0.2) is 0 Å². The summed E-state index contributed by atoms with van der Waals surface area (Å²) in [5.74, 6) is 0. The number of hydrogen-bond acceptors (Lipinski definition) is 7. The molecule has 0 radical (unpaired) electrons. The number of non-ortho nitro benzene ring substituents is 1. The summed E-state index contributed by atoms with van der Waals surface area (Å²) in [6.45, 7) is 3.34. The fourth-order valence-corrected chi connectivity index (χ4v) is 1.42. The monoisotopic (exact) mass is 240 g/mol. The van der Waals surface area contributed by atoms with E-state index in [-0.39, 0.29) is 21.2 Å². The van der Waals surface area contributed by atoms with Gasteiger partial charge < -0.3 is 0 Å². The minimum absolute atomic E-state index is 0.0995. The molecule has 0 saturated heterocycles. The number of nitrogens with zero attached hydrogens (tertiary/aromatic N) is 3. The quantitative estimate of drug-likeness (QED) is 0.405. The fraction of sp³-hybridized carbons (Fsp3) is 0. The summed E-state index contributed by atoms with van der Waals surface area (Å²) in [5.41, 5.74) is 0.517. The Balaban J connectivity index is 2.96. The molecule has 1 N–H and O–H groups in total. The topological polar surface area (TPSA) is 134 Å². The molecular weight excluding hydrogens is 236 g/mol. The lowest BCUT2D eigenvalue weighted by Gasteiger charge is -1.97. The normalized spacial score (nSPS) is 12.6. The number of nitro groups is 2. The van der Waals surface area contributed by atoms with Crippen LogP contribution in [0.1, 0.15) is 0 Å². The van der Waals surface area contributed by atoms with Crippen molar-refractivity contribution in [3.05, 3.63) is 42.1 Å². The van der Waals surface area contributed by atoms with E-state index in [1.54, 1.807) is 0 Å². The van der Waals surface area contributed by atoms with E-state index in [4.69, 9.17) is 0 Å². The van der Waals surface area contributed by atoms with Crippen molar-refractivity contribution >= 4 is 23.6 Å². The first-order valence-corrected chi connectivity index (χ1v) is 4.15. The molecule has 1 aromatic carbocycles. The maximum atomic E-state index is 11.2. The molecule has 10 heteroatoms. The van der Waals surface area contributed by atoms with E-state index in [1.807, 2.05) is 5.48 Å². The average Bonchev–Trinajstić information content (AvgIpc) is 2.61. The minimum Gasteiger partial charge on any atom is -0.295 e. The molecule has 2 rings (SSSR count). The first kappa shape index (κ1) is 10.6. The van der Waals surface area contributed by atoms with Gasteiger partial charge in [-0.25, -0.2) is 5.48 Å². The van der Waals surface area contributed by atoms with Crippen molar-refractivity contribution in [3.63, 3.8) is 0 Å². The third kappa shape index (κ3) is 1.39. The van der Waals surface area contributed by atoms with E-state index in [0.717, 1.165) is 6.07 Å². The highest BCUT2D eigenvalue weighted by Gasteiger charge is 2.31. The van der Waals surface area contributed by atoms with Crippen LogP contribution in [0.2, 0.25) is 0 Å². The van der Waals surface area contributed by atoms with Crippen LogP contribution in [0.3, 0.4) is 0 Å². The largest absolute Gasteiger partial charge is 0.314 e. The molecule has 1 aliphatic rings. The van der Waals surface area contributed by atoms with Crippen molar-refractivity contribution in [2.24, 2.45) is 0 Å². The molecule has 0 atom stereocenters. The molecule has 1 aromatic rings. The average molecular weight is 240 g/mol. The summed E-state index contributed by atoms with van der Waals surface area (Å²) in [4.78, 5) is 23.8. The molecule has 0 aliphatic carbocycles. The number of nitrogens with one attached hydrogen (secondary N) is 1. The van der Waals surface area contributed by atoms with Gasteiger partial charge in [-0.2, -0.15) is 0 Å². The lowest BCUT2D eigenvalue weighted by molar-refractivity contribution is -0.394. The van der Waals surface area contributed by atoms with E-state index in [2.05, 4.69) is 11.5 Å². The maximum absolute atomic E-state index is 11.2. The SMILES string of the molecule is C=c1c([N+](=O)[O-])cc([N+](=O)[O-])c2c1=[N+]([O-])ON2. The number of fused-ring (bicyclic) bond motifs is 1. The lowest BCUT2D eigenvalue weighted by atomic mass is 10.2. The second kappa shape index (κ2) is 3.30. The molecule has 0 saturated carbocycles. The maximum Gasteiger partial charge on any atom is 0.314 e. The molecular formula is C7H4N4O6. The Labute approximate surface area is 91.8 Å². The molecule has 10 nitrogen and oxygen atoms in total. The van der Waals surface area contributed by atoms with Crippen LogP contribution in [0.25, 0.3) is 6.58 Å². The van der Waals surface area contributed by atoms with Crippen LogP contribution in [0.15, 0.2) is 6.07 Å². The Bertz CT molecular complexity index is 653. The second-order valence-corrected chi connectivity index (χ2v) is 3.08. The Morgan fingerprint density at radius 2 is 1.88 bits per heavy atom. The fourth-order valence-electron chi connectivity index (χ4n) is 1.42. The number of benzene rings is 1. The van der Waals surface area contributed by atoms with Gasteiger partial charge in [-0.3, -0.25) is 30.4 Å². The Hall–Kier alpha value is -2.91. The third-order valence-electron chi connectivity index (χ3n) is 2.17. The van der Waals surface area contributed by atoms with Crippen molar-refractivity contribution in [2.45, 2.75) is 0 Å². The number of hydrogen-bond donors (Lipinski definition) is 1. The molecule has 0 aromatic heterocycles. The Kier molecular flexibility index (Phi) is 2.06. The molecule has 0 amide bonds. The van der Waals surface area contributed by atoms with E-state index in [0.29, 0.717) is 0 Å². The molecule has 0 spiro atoms. The molecule has 88 valence electrons. The van der Waals surface area contributed by atoms with E-state index >= 15 is 0 Å². The van der Waals surface area contributed by atoms with Crippen LogP contribution in [0.5, 0.6) is 0 Å². The summed E-state index contributed by atoms with van der Waals surface area (Å²) in [7, 11) is 0. The highest BCUT2D eigenvalue weighted by molar-refractivity contribution is 5.65. The zero-order valence-corrected chi connectivity index (χ0v) is 8.08. The molecule has 1 heterocycles. The first-order valence-electron chi connectivity index (χ1n) is 4.15. The van der Waals surface area contributed by atoms with E-state index in [1.165, 1.54) is 0 Å². The Morgan fingerprint density at radius 1 is 1.29 bits per heavy atom. The van der Waals surface area contributed by atoms with Gasteiger partial charge in [0.1, 0.15) is 5.22 Å². The van der Waals surface area contributed by atoms with Crippen LogP contribution in [-0.4, -0.2) is 9.85 Å². The predicted octanol–water partition coefficient (Wildman–Crippen LogP) is -0.826. The highest BCUT2D eigenvalue weighted by atomic mass is 16.9. The van der Waals surface area contributed by atoms with Gasteiger partial charge in [-0.05, 0) is 0 Å². The van der Waals surface area contributed by atoms with Gasteiger partial charge in [-0.1, -0.05) is 6.58 Å². The summed E-state index contributed by atoms with van der Waals surface area (Å²) < 4.78 is 0. The molecule has 17 heavy (non-hydrogen) atoms. The van der Waals surface area contributed by atoms with Crippen LogP contribution in [0.4, 0.5) is 17.1 Å². The molecule has 0 unspecified atom stereocenters. The van der Waals surface area contributed by atoms with Crippen molar-refractivity contribution in [1.82, 2.24) is 4.90 Å². The number of anilines is 1. The van der Waals surface area contributed by atoms with Crippen LogP contribution >= 0.6 is 0 Å². The zero-order chi connectivity index (χ0) is 12.7. The van der Waals surface area contributed by atoms with Crippen LogP contribution in [-0.2, 0) is 4.94 Å². The minimum atomic E-state index is -0.860. The van der Waals surface area contributed by atoms with Gasteiger partial charge >= 0.3 is 11.0 Å². The predicted molar refractivity (Wildman–Crippen MR) is 53.8 cm³/mol.